The number of aliphatic hydroxyl groups is 1. The quantitative estimate of drug-likeness (QED) is 0.351. The van der Waals surface area contributed by atoms with Gasteiger partial charge in [-0.1, -0.05) is 6.92 Å². The molecule has 3 aromatic rings. The summed E-state index contributed by atoms with van der Waals surface area (Å²) in [6, 6.07) is 3.13. The maximum atomic E-state index is 14.8. The second-order valence-electron chi connectivity index (χ2n) is 9.51. The molecule has 1 saturated heterocycles. The molecule has 1 unspecified atom stereocenters. The van der Waals surface area contributed by atoms with Crippen LogP contribution < -0.4 is 15.8 Å². The zero-order chi connectivity index (χ0) is 31.2. The predicted octanol–water partition coefficient (Wildman–Crippen LogP) is 3.38. The van der Waals surface area contributed by atoms with E-state index in [0.29, 0.717) is 4.90 Å². The zero-order valence-electron chi connectivity index (χ0n) is 22.1. The van der Waals surface area contributed by atoms with E-state index in [-0.39, 0.29) is 29.2 Å². The molecule has 3 atom stereocenters. The maximum Gasteiger partial charge on any atom is 0.426 e. The van der Waals surface area contributed by atoms with Crippen LogP contribution >= 0.6 is 0 Å². The summed E-state index contributed by atoms with van der Waals surface area (Å²) in [6.45, 7) is 1.11. The Hall–Kier alpha value is -4.15. The Morgan fingerprint density at radius 3 is 2.43 bits per heavy atom. The van der Waals surface area contributed by atoms with Crippen molar-refractivity contribution in [2.75, 3.05) is 25.4 Å². The number of nitrogens with one attached hydrogen (secondary N) is 1. The fourth-order valence-electron chi connectivity index (χ4n) is 4.68. The molecule has 17 heteroatoms. The predicted molar refractivity (Wildman–Crippen MR) is 133 cm³/mol. The molecule has 2 aromatic heterocycles. The van der Waals surface area contributed by atoms with E-state index in [1.54, 1.807) is 6.92 Å². The molecule has 0 spiro atoms. The van der Waals surface area contributed by atoms with E-state index >= 15 is 0 Å². The lowest BCUT2D eigenvalue weighted by Gasteiger charge is -2.31. The average molecular weight is 606 g/mol. The Labute approximate surface area is 233 Å². The third kappa shape index (κ3) is 5.39. The van der Waals surface area contributed by atoms with Crippen molar-refractivity contribution >= 4 is 23.1 Å². The van der Waals surface area contributed by atoms with E-state index in [1.807, 2.05) is 0 Å². The maximum absolute atomic E-state index is 14.8. The van der Waals surface area contributed by atoms with Gasteiger partial charge in [-0.2, -0.15) is 31.4 Å². The first-order valence-electron chi connectivity index (χ1n) is 12.5. The Kier molecular flexibility index (Phi) is 8.01. The number of likely N-dealkylation sites (tertiary alicyclic amines) is 1. The number of fused-ring (bicyclic) bond motifs is 1. The van der Waals surface area contributed by atoms with E-state index in [4.69, 9.17) is 10.5 Å². The SMILES string of the molecule is CCOc1ccc(-c2cc(C(F)(F)F)c3c(N)ncnn23)cc1C(=O)N[C@@H]1CN(C(=O)C(O)(CC)C(F)(F)F)C[C@@H]1F. The van der Waals surface area contributed by atoms with Crippen LogP contribution in [0.25, 0.3) is 16.8 Å². The van der Waals surface area contributed by atoms with Crippen LogP contribution in [0, 0.1) is 0 Å². The number of nitrogen functional groups attached to an aromatic ring is 1. The lowest BCUT2D eigenvalue weighted by Crippen LogP contribution is -2.57. The van der Waals surface area contributed by atoms with Gasteiger partial charge in [0.05, 0.1) is 36.0 Å². The van der Waals surface area contributed by atoms with Gasteiger partial charge < -0.3 is 25.8 Å². The fraction of sp³-hybridized carbons (Fsp3) is 0.440. The number of nitrogens with two attached hydrogens (primary N) is 1. The van der Waals surface area contributed by atoms with Crippen LogP contribution in [0.3, 0.4) is 0 Å². The number of amides is 2. The third-order valence-electron chi connectivity index (χ3n) is 6.89. The minimum Gasteiger partial charge on any atom is -0.493 e. The first-order valence-corrected chi connectivity index (χ1v) is 12.5. The molecule has 2 amide bonds. The molecule has 3 heterocycles. The summed E-state index contributed by atoms with van der Waals surface area (Å²) >= 11 is 0. The summed E-state index contributed by atoms with van der Waals surface area (Å²) in [7, 11) is 0. The second kappa shape index (κ2) is 10.9. The number of hydrogen-bond acceptors (Lipinski definition) is 7. The van der Waals surface area contributed by atoms with Crippen LogP contribution in [0.5, 0.6) is 5.75 Å². The third-order valence-corrected chi connectivity index (χ3v) is 6.89. The molecule has 4 N–H and O–H groups in total. The van der Waals surface area contributed by atoms with Crippen LogP contribution in [0.1, 0.15) is 36.2 Å². The second-order valence-corrected chi connectivity index (χ2v) is 9.51. The number of nitrogens with zero attached hydrogens (tertiary/aromatic N) is 4. The molecule has 0 bridgehead atoms. The number of carbonyl (C=O) groups is 2. The normalized spacial score (nSPS) is 19.1. The molecule has 0 radical (unpaired) electrons. The van der Waals surface area contributed by atoms with Crippen molar-refractivity contribution in [2.24, 2.45) is 0 Å². The van der Waals surface area contributed by atoms with Crippen LogP contribution in [0.15, 0.2) is 30.6 Å². The topological polar surface area (TPSA) is 135 Å². The number of rotatable bonds is 7. The van der Waals surface area contributed by atoms with Crippen molar-refractivity contribution in [1.82, 2.24) is 24.8 Å². The van der Waals surface area contributed by atoms with Crippen molar-refractivity contribution < 1.29 is 50.2 Å². The zero-order valence-corrected chi connectivity index (χ0v) is 22.1. The Morgan fingerprint density at radius 2 is 1.83 bits per heavy atom. The highest BCUT2D eigenvalue weighted by Crippen LogP contribution is 2.40. The molecule has 0 saturated carbocycles. The molecular weight excluding hydrogens is 581 g/mol. The number of benzene rings is 1. The number of aromatic nitrogens is 3. The smallest absolute Gasteiger partial charge is 0.426 e. The standard InChI is InChI=1S/C25H25F7N6O4/c1-3-23(41,25(30,31)32)22(40)37-9-15(26)16(10-37)36-21(39)13-7-12(5-6-18(13)42-4-2)17-8-14(24(27,28)29)19-20(33)34-11-35-38(17)19/h5-8,11,15-16,41H,3-4,9-10H2,1-2H3,(H,36,39)(H2,33,34,35)/t15-,16+,23?/m0/s1. The van der Waals surface area contributed by atoms with Crippen molar-refractivity contribution in [3.63, 3.8) is 0 Å². The fourth-order valence-corrected chi connectivity index (χ4v) is 4.68. The van der Waals surface area contributed by atoms with E-state index in [2.05, 4.69) is 15.4 Å². The number of hydrogen-bond donors (Lipinski definition) is 3. The average Bonchev–Trinajstić information content (AvgIpc) is 3.49. The molecular formula is C25H25F7N6O4. The van der Waals surface area contributed by atoms with Crippen molar-refractivity contribution in [3.05, 3.63) is 41.7 Å². The van der Waals surface area contributed by atoms with E-state index in [1.165, 1.54) is 18.2 Å². The highest BCUT2D eigenvalue weighted by Gasteiger charge is 2.60. The van der Waals surface area contributed by atoms with Crippen molar-refractivity contribution in [3.8, 4) is 17.0 Å². The van der Waals surface area contributed by atoms with Gasteiger partial charge in [0, 0.05) is 12.1 Å². The van der Waals surface area contributed by atoms with Crippen LogP contribution in [-0.2, 0) is 11.0 Å². The summed E-state index contributed by atoms with van der Waals surface area (Å²) in [5.74, 6) is -3.20. The number of halogens is 7. The minimum atomic E-state index is -5.32. The summed E-state index contributed by atoms with van der Waals surface area (Å²) in [4.78, 5) is 29.8. The molecule has 4 rings (SSSR count). The van der Waals surface area contributed by atoms with Gasteiger partial charge in [-0.05, 0) is 37.6 Å². The first-order chi connectivity index (χ1) is 19.5. The lowest BCUT2D eigenvalue weighted by molar-refractivity contribution is -0.256. The summed E-state index contributed by atoms with van der Waals surface area (Å²) < 4.78 is 103. The van der Waals surface area contributed by atoms with Crippen molar-refractivity contribution in [1.29, 1.82) is 0 Å². The molecule has 228 valence electrons. The number of alkyl halides is 7. The Balaban J connectivity index is 1.67. The van der Waals surface area contributed by atoms with Gasteiger partial charge in [-0.15, -0.1) is 0 Å². The number of ether oxygens (including phenoxy) is 1. The minimum absolute atomic E-state index is 0.0245. The van der Waals surface area contributed by atoms with Gasteiger partial charge in [0.25, 0.3) is 11.8 Å². The van der Waals surface area contributed by atoms with Gasteiger partial charge >= 0.3 is 12.4 Å². The Bertz CT molecular complexity index is 1510. The van der Waals surface area contributed by atoms with Gasteiger partial charge in [0.2, 0.25) is 5.60 Å². The highest BCUT2D eigenvalue weighted by atomic mass is 19.4. The van der Waals surface area contributed by atoms with Gasteiger partial charge in [0.15, 0.2) is 5.82 Å². The summed E-state index contributed by atoms with van der Waals surface area (Å²) in [5, 5.41) is 16.1. The van der Waals surface area contributed by atoms with Crippen molar-refractivity contribution in [2.45, 2.75) is 50.4 Å². The monoisotopic (exact) mass is 606 g/mol. The molecule has 0 aliphatic carbocycles. The van der Waals surface area contributed by atoms with Crippen LogP contribution in [-0.4, -0.2) is 80.1 Å². The molecule has 10 nitrogen and oxygen atoms in total. The number of carbonyl (C=O) groups excluding carboxylic acids is 2. The number of anilines is 1. The van der Waals surface area contributed by atoms with Gasteiger partial charge in [-0.25, -0.2) is 13.9 Å². The molecule has 42 heavy (non-hydrogen) atoms. The van der Waals surface area contributed by atoms with Crippen LogP contribution in [0.2, 0.25) is 0 Å². The van der Waals surface area contributed by atoms with Crippen LogP contribution in [0.4, 0.5) is 36.6 Å². The van der Waals surface area contributed by atoms with Gasteiger partial charge in [0.1, 0.15) is 23.8 Å². The summed E-state index contributed by atoms with van der Waals surface area (Å²) in [6.07, 6.45) is -12.2. The lowest BCUT2D eigenvalue weighted by atomic mass is 9.98. The largest absolute Gasteiger partial charge is 0.493 e. The molecule has 1 fully saturated rings. The molecule has 1 aromatic carbocycles. The van der Waals surface area contributed by atoms with Gasteiger partial charge in [-0.3, -0.25) is 9.59 Å². The molecule has 1 aliphatic heterocycles. The van der Waals surface area contributed by atoms with E-state index < -0.39 is 78.4 Å². The first kappa shape index (κ1) is 30.8. The van der Waals surface area contributed by atoms with E-state index in [0.717, 1.165) is 23.8 Å². The molecule has 1 aliphatic rings. The van der Waals surface area contributed by atoms with E-state index in [9.17, 15) is 45.4 Å². The Morgan fingerprint density at radius 1 is 1.14 bits per heavy atom. The highest BCUT2D eigenvalue weighted by molar-refractivity contribution is 5.98. The summed E-state index contributed by atoms with van der Waals surface area (Å²) in [5.41, 5.74) is 0.0207.